The molecule has 8 heteroatoms. The van der Waals surface area contributed by atoms with E-state index < -0.39 is 39.8 Å². The predicted octanol–water partition coefficient (Wildman–Crippen LogP) is 1.92. The molecule has 1 aromatic rings. The molecular weight excluding hydrogens is 283 g/mol. The van der Waals surface area contributed by atoms with Gasteiger partial charge in [-0.05, 0) is 13.0 Å². The molecule has 0 aromatic heterocycles. The van der Waals surface area contributed by atoms with Crippen LogP contribution in [-0.2, 0) is 4.79 Å². The topological polar surface area (TPSA) is 101 Å². The van der Waals surface area contributed by atoms with Crippen LogP contribution in [0.1, 0.15) is 24.2 Å². The van der Waals surface area contributed by atoms with E-state index in [4.69, 9.17) is 5.11 Å². The molecule has 1 atom stereocenters. The van der Waals surface area contributed by atoms with Crippen molar-refractivity contribution in [2.75, 3.05) is 13.1 Å². The van der Waals surface area contributed by atoms with Crippen LogP contribution in [0.3, 0.4) is 0 Å². The van der Waals surface area contributed by atoms with Crippen LogP contribution >= 0.6 is 0 Å². The highest BCUT2D eigenvalue weighted by atomic mass is 19.1. The normalized spacial score (nSPS) is 11.8. The van der Waals surface area contributed by atoms with Crippen molar-refractivity contribution in [2.24, 2.45) is 5.92 Å². The number of carboxylic acids is 1. The Kier molecular flexibility index (Phi) is 5.34. The minimum Gasteiger partial charge on any atom is -0.481 e. The zero-order valence-electron chi connectivity index (χ0n) is 11.6. The molecule has 0 heterocycles. The number of carbonyl (C=O) groups excluding carboxylic acids is 1. The molecule has 0 saturated heterocycles. The highest BCUT2D eigenvalue weighted by Crippen LogP contribution is 2.19. The van der Waals surface area contributed by atoms with Crippen LogP contribution in [0.5, 0.6) is 0 Å². The van der Waals surface area contributed by atoms with E-state index in [0.717, 1.165) is 23.1 Å². The average molecular weight is 298 g/mol. The van der Waals surface area contributed by atoms with Gasteiger partial charge in [0, 0.05) is 25.2 Å². The summed E-state index contributed by atoms with van der Waals surface area (Å²) in [4.78, 5) is 34.1. The van der Waals surface area contributed by atoms with Gasteiger partial charge in [0.25, 0.3) is 11.6 Å². The second kappa shape index (κ2) is 6.78. The first-order chi connectivity index (χ1) is 9.77. The molecule has 1 amide bonds. The number of hydrogen-bond acceptors (Lipinski definition) is 4. The summed E-state index contributed by atoms with van der Waals surface area (Å²) in [6, 6.07) is 2.66. The number of halogens is 1. The fraction of sp³-hybridized carbons (Fsp3) is 0.385. The largest absolute Gasteiger partial charge is 0.481 e. The number of rotatable bonds is 6. The number of carbonyl (C=O) groups is 2. The van der Waals surface area contributed by atoms with Crippen LogP contribution < -0.4 is 0 Å². The minimum absolute atomic E-state index is 0.104. The zero-order chi connectivity index (χ0) is 16.2. The molecule has 0 bridgehead atoms. The lowest BCUT2D eigenvalue weighted by molar-refractivity contribution is -0.384. The summed E-state index contributed by atoms with van der Waals surface area (Å²) >= 11 is 0. The molecule has 1 N–H and O–H groups in total. The molecule has 0 radical (unpaired) electrons. The highest BCUT2D eigenvalue weighted by Gasteiger charge is 2.24. The Bertz CT molecular complexity index is 576. The van der Waals surface area contributed by atoms with Gasteiger partial charge in [-0.15, -0.1) is 0 Å². The van der Waals surface area contributed by atoms with Crippen molar-refractivity contribution in [1.29, 1.82) is 0 Å². The SMILES string of the molecule is CCN(CC(C)C(=O)O)C(=O)c1cc([N+](=O)[O-])ccc1F. The maximum Gasteiger partial charge on any atom is 0.308 e. The van der Waals surface area contributed by atoms with Crippen molar-refractivity contribution >= 4 is 17.6 Å². The molecule has 114 valence electrons. The van der Waals surface area contributed by atoms with Gasteiger partial charge in [-0.25, -0.2) is 4.39 Å². The Morgan fingerprint density at radius 2 is 2.10 bits per heavy atom. The first-order valence-corrected chi connectivity index (χ1v) is 6.24. The van der Waals surface area contributed by atoms with E-state index >= 15 is 0 Å². The molecule has 1 aromatic carbocycles. The third kappa shape index (κ3) is 3.98. The van der Waals surface area contributed by atoms with Gasteiger partial charge in [0.1, 0.15) is 5.82 Å². The van der Waals surface area contributed by atoms with Gasteiger partial charge in [0.05, 0.1) is 16.4 Å². The summed E-state index contributed by atoms with van der Waals surface area (Å²) < 4.78 is 13.7. The first-order valence-electron chi connectivity index (χ1n) is 6.24. The maximum absolute atomic E-state index is 13.7. The van der Waals surface area contributed by atoms with Crippen LogP contribution in [0.2, 0.25) is 0 Å². The van der Waals surface area contributed by atoms with E-state index in [-0.39, 0.29) is 13.1 Å². The average Bonchev–Trinajstić information content (AvgIpc) is 2.43. The van der Waals surface area contributed by atoms with Crippen LogP contribution in [-0.4, -0.2) is 39.9 Å². The second-order valence-corrected chi connectivity index (χ2v) is 4.50. The monoisotopic (exact) mass is 298 g/mol. The summed E-state index contributed by atoms with van der Waals surface area (Å²) in [5, 5.41) is 19.5. The Balaban J connectivity index is 3.07. The molecule has 0 aliphatic rings. The quantitative estimate of drug-likeness (QED) is 0.638. The van der Waals surface area contributed by atoms with Crippen LogP contribution in [0.15, 0.2) is 18.2 Å². The number of nitro benzene ring substituents is 1. The molecular formula is C13H15FN2O5. The van der Waals surface area contributed by atoms with E-state index in [2.05, 4.69) is 0 Å². The fourth-order valence-electron chi connectivity index (χ4n) is 1.73. The molecule has 1 unspecified atom stereocenters. The van der Waals surface area contributed by atoms with Crippen molar-refractivity contribution in [3.05, 3.63) is 39.7 Å². The summed E-state index contributed by atoms with van der Waals surface area (Å²) in [5.41, 5.74) is -0.842. The number of amides is 1. The van der Waals surface area contributed by atoms with Gasteiger partial charge >= 0.3 is 5.97 Å². The van der Waals surface area contributed by atoms with Gasteiger partial charge in [0.15, 0.2) is 0 Å². The number of nitro groups is 1. The number of benzene rings is 1. The number of non-ortho nitro benzene ring substituents is 1. The van der Waals surface area contributed by atoms with Gasteiger partial charge < -0.3 is 10.0 Å². The van der Waals surface area contributed by atoms with Crippen molar-refractivity contribution in [2.45, 2.75) is 13.8 Å². The van der Waals surface area contributed by atoms with Gasteiger partial charge in [-0.3, -0.25) is 19.7 Å². The van der Waals surface area contributed by atoms with Crippen LogP contribution in [0.25, 0.3) is 0 Å². The fourth-order valence-corrected chi connectivity index (χ4v) is 1.73. The summed E-state index contributed by atoms with van der Waals surface area (Å²) in [6.45, 7) is 3.09. The van der Waals surface area contributed by atoms with Crippen LogP contribution in [0.4, 0.5) is 10.1 Å². The van der Waals surface area contributed by atoms with Gasteiger partial charge in [0.2, 0.25) is 0 Å². The lowest BCUT2D eigenvalue weighted by atomic mass is 10.1. The number of aliphatic carboxylic acids is 1. The van der Waals surface area contributed by atoms with E-state index in [1.165, 1.54) is 6.92 Å². The standard InChI is InChI=1S/C13H15FN2O5/c1-3-15(7-8(2)13(18)19)12(17)10-6-9(16(20)21)4-5-11(10)14/h4-6,8H,3,7H2,1-2H3,(H,18,19). The van der Waals surface area contributed by atoms with E-state index in [1.54, 1.807) is 6.92 Å². The van der Waals surface area contributed by atoms with Crippen molar-refractivity contribution in [3.8, 4) is 0 Å². The molecule has 21 heavy (non-hydrogen) atoms. The van der Waals surface area contributed by atoms with Gasteiger partial charge in [-0.1, -0.05) is 6.92 Å². The molecule has 0 saturated carbocycles. The van der Waals surface area contributed by atoms with Gasteiger partial charge in [-0.2, -0.15) is 0 Å². The minimum atomic E-state index is -1.08. The maximum atomic E-state index is 13.7. The third-order valence-electron chi connectivity index (χ3n) is 2.98. The number of carboxylic acid groups (broad SMARTS) is 1. The molecule has 7 nitrogen and oxygen atoms in total. The number of hydrogen-bond donors (Lipinski definition) is 1. The summed E-state index contributed by atoms with van der Waals surface area (Å²) in [5.74, 6) is -3.56. The van der Waals surface area contributed by atoms with Crippen molar-refractivity contribution < 1.29 is 24.0 Å². The number of nitrogens with zero attached hydrogens (tertiary/aromatic N) is 2. The summed E-state index contributed by atoms with van der Waals surface area (Å²) in [6.07, 6.45) is 0. The predicted molar refractivity (Wildman–Crippen MR) is 71.4 cm³/mol. The lowest BCUT2D eigenvalue weighted by Crippen LogP contribution is -2.37. The van der Waals surface area contributed by atoms with E-state index in [0.29, 0.717) is 0 Å². The van der Waals surface area contributed by atoms with Crippen molar-refractivity contribution in [3.63, 3.8) is 0 Å². The lowest BCUT2D eigenvalue weighted by Gasteiger charge is -2.23. The smallest absolute Gasteiger partial charge is 0.308 e. The first kappa shape index (κ1) is 16.5. The second-order valence-electron chi connectivity index (χ2n) is 4.50. The van der Waals surface area contributed by atoms with E-state index in [1.807, 2.05) is 0 Å². The summed E-state index contributed by atoms with van der Waals surface area (Å²) in [7, 11) is 0. The van der Waals surface area contributed by atoms with Crippen molar-refractivity contribution in [1.82, 2.24) is 4.90 Å². The molecule has 0 fully saturated rings. The van der Waals surface area contributed by atoms with E-state index in [9.17, 15) is 24.1 Å². The molecule has 0 aliphatic heterocycles. The molecule has 1 rings (SSSR count). The Labute approximate surface area is 120 Å². The molecule has 0 spiro atoms. The third-order valence-corrected chi connectivity index (χ3v) is 2.98. The zero-order valence-corrected chi connectivity index (χ0v) is 11.6. The Morgan fingerprint density at radius 1 is 1.48 bits per heavy atom. The van der Waals surface area contributed by atoms with Crippen LogP contribution in [0, 0.1) is 21.8 Å². The molecule has 0 aliphatic carbocycles. The Morgan fingerprint density at radius 3 is 2.57 bits per heavy atom. The highest BCUT2D eigenvalue weighted by molar-refractivity contribution is 5.95. The Hall–Kier alpha value is -2.51.